The van der Waals surface area contributed by atoms with Gasteiger partial charge in [0.2, 0.25) is 0 Å². The van der Waals surface area contributed by atoms with Crippen LogP contribution in [-0.4, -0.2) is 40.8 Å². The fourth-order valence-electron chi connectivity index (χ4n) is 2.56. The molecule has 0 spiro atoms. The van der Waals surface area contributed by atoms with Gasteiger partial charge in [0.25, 0.3) is 0 Å². The van der Waals surface area contributed by atoms with E-state index in [1.807, 2.05) is 27.0 Å². The normalized spacial score (nSPS) is 18.5. The maximum Gasteiger partial charge on any atom is 0.128 e. The van der Waals surface area contributed by atoms with E-state index in [-0.39, 0.29) is 0 Å². The summed E-state index contributed by atoms with van der Waals surface area (Å²) in [5.41, 5.74) is 2.72. The van der Waals surface area contributed by atoms with Gasteiger partial charge in [-0.2, -0.15) is 0 Å². The Morgan fingerprint density at radius 1 is 1.44 bits per heavy atom. The highest BCUT2D eigenvalue weighted by atomic mass is 16.5. The molecule has 0 amide bonds. The monoisotopic (exact) mass is 250 g/mol. The first-order valence-electron chi connectivity index (χ1n) is 6.43. The second kappa shape index (κ2) is 4.86. The molecule has 1 aliphatic heterocycles. The zero-order valence-corrected chi connectivity index (χ0v) is 11.7. The third-order valence-corrected chi connectivity index (χ3v) is 3.82. The van der Waals surface area contributed by atoms with Crippen molar-refractivity contribution < 1.29 is 9.84 Å². The number of hydrogen-bond donors (Lipinski definition) is 1. The van der Waals surface area contributed by atoms with Crippen molar-refractivity contribution in [2.75, 3.05) is 20.2 Å². The van der Waals surface area contributed by atoms with Gasteiger partial charge in [-0.3, -0.25) is 9.88 Å². The Balaban J connectivity index is 2.08. The summed E-state index contributed by atoms with van der Waals surface area (Å²) >= 11 is 0. The number of likely N-dealkylation sites (tertiary alicyclic amines) is 1. The third-order valence-electron chi connectivity index (χ3n) is 3.82. The van der Waals surface area contributed by atoms with Crippen molar-refractivity contribution in [2.45, 2.75) is 39.3 Å². The summed E-state index contributed by atoms with van der Waals surface area (Å²) in [5, 5.41) is 9.99. The van der Waals surface area contributed by atoms with Gasteiger partial charge in [-0.25, -0.2) is 0 Å². The molecule has 0 aromatic carbocycles. The van der Waals surface area contributed by atoms with Gasteiger partial charge >= 0.3 is 0 Å². The fraction of sp³-hybridized carbons (Fsp3) is 0.643. The SMILES string of the molecule is CCC1(O)CN(Cc2ncc(C)c(OC)c2C)C1. The predicted octanol–water partition coefficient (Wildman–Crippen LogP) is 1.66. The van der Waals surface area contributed by atoms with Gasteiger partial charge in [-0.1, -0.05) is 6.92 Å². The van der Waals surface area contributed by atoms with Crippen LogP contribution in [0.4, 0.5) is 0 Å². The minimum absolute atomic E-state index is 0.483. The van der Waals surface area contributed by atoms with E-state index in [0.717, 1.165) is 48.6 Å². The number of ether oxygens (including phenoxy) is 1. The lowest BCUT2D eigenvalue weighted by Crippen LogP contribution is -2.60. The van der Waals surface area contributed by atoms with Crippen molar-refractivity contribution in [3.8, 4) is 5.75 Å². The van der Waals surface area contributed by atoms with E-state index >= 15 is 0 Å². The molecule has 0 atom stereocenters. The molecule has 0 bridgehead atoms. The zero-order chi connectivity index (χ0) is 13.3. The Bertz CT molecular complexity index is 440. The standard InChI is InChI=1S/C14H22N2O2/c1-5-14(17)8-16(9-14)7-12-11(3)13(18-4)10(2)6-15-12/h6,17H,5,7-9H2,1-4H3. The van der Waals surface area contributed by atoms with E-state index in [2.05, 4.69) is 9.88 Å². The van der Waals surface area contributed by atoms with E-state index in [0.29, 0.717) is 0 Å². The molecule has 1 aromatic rings. The van der Waals surface area contributed by atoms with E-state index in [4.69, 9.17) is 4.74 Å². The van der Waals surface area contributed by atoms with Crippen molar-refractivity contribution in [1.29, 1.82) is 0 Å². The number of aromatic nitrogens is 1. The second-order valence-corrected chi connectivity index (χ2v) is 5.27. The average Bonchev–Trinajstić information content (AvgIpc) is 2.31. The fourth-order valence-corrected chi connectivity index (χ4v) is 2.56. The summed E-state index contributed by atoms with van der Waals surface area (Å²) in [6.07, 6.45) is 2.67. The summed E-state index contributed by atoms with van der Waals surface area (Å²) in [5.74, 6) is 0.922. The number of aryl methyl sites for hydroxylation is 1. The van der Waals surface area contributed by atoms with Gasteiger partial charge in [-0.15, -0.1) is 0 Å². The molecule has 0 radical (unpaired) electrons. The summed E-state index contributed by atoms with van der Waals surface area (Å²) < 4.78 is 5.40. The number of hydrogen-bond acceptors (Lipinski definition) is 4. The number of pyridine rings is 1. The van der Waals surface area contributed by atoms with Crippen LogP contribution >= 0.6 is 0 Å². The summed E-state index contributed by atoms with van der Waals surface area (Å²) in [6.45, 7) is 8.32. The molecule has 1 aromatic heterocycles. The van der Waals surface area contributed by atoms with Crippen LogP contribution in [0.15, 0.2) is 6.20 Å². The number of nitrogens with zero attached hydrogens (tertiary/aromatic N) is 2. The van der Waals surface area contributed by atoms with Gasteiger partial charge in [0, 0.05) is 37.0 Å². The van der Waals surface area contributed by atoms with Gasteiger partial charge < -0.3 is 9.84 Å². The summed E-state index contributed by atoms with van der Waals surface area (Å²) in [4.78, 5) is 6.69. The van der Waals surface area contributed by atoms with Crippen LogP contribution in [0, 0.1) is 13.8 Å². The highest BCUT2D eigenvalue weighted by molar-refractivity contribution is 5.41. The summed E-state index contributed by atoms with van der Waals surface area (Å²) in [6, 6.07) is 0. The Morgan fingerprint density at radius 2 is 2.11 bits per heavy atom. The van der Waals surface area contributed by atoms with Gasteiger partial charge in [0.05, 0.1) is 18.4 Å². The first-order chi connectivity index (χ1) is 8.49. The van der Waals surface area contributed by atoms with Crippen LogP contribution in [0.5, 0.6) is 5.75 Å². The first-order valence-corrected chi connectivity index (χ1v) is 6.43. The predicted molar refractivity (Wildman–Crippen MR) is 70.8 cm³/mol. The Morgan fingerprint density at radius 3 is 2.67 bits per heavy atom. The summed E-state index contributed by atoms with van der Waals surface area (Å²) in [7, 11) is 1.69. The highest BCUT2D eigenvalue weighted by Gasteiger charge is 2.39. The van der Waals surface area contributed by atoms with Gasteiger partial charge in [0.15, 0.2) is 0 Å². The minimum Gasteiger partial charge on any atom is -0.496 e. The van der Waals surface area contributed by atoms with Crippen molar-refractivity contribution in [3.63, 3.8) is 0 Å². The van der Waals surface area contributed by atoms with E-state index in [9.17, 15) is 5.11 Å². The second-order valence-electron chi connectivity index (χ2n) is 5.27. The lowest BCUT2D eigenvalue weighted by Gasteiger charge is -2.46. The van der Waals surface area contributed by atoms with Crippen molar-refractivity contribution >= 4 is 0 Å². The molecule has 1 N–H and O–H groups in total. The highest BCUT2D eigenvalue weighted by Crippen LogP contribution is 2.29. The van der Waals surface area contributed by atoms with Crippen LogP contribution in [0.2, 0.25) is 0 Å². The molecule has 100 valence electrons. The number of aliphatic hydroxyl groups is 1. The van der Waals surface area contributed by atoms with Crippen LogP contribution < -0.4 is 4.74 Å². The molecule has 1 aliphatic rings. The average molecular weight is 250 g/mol. The van der Waals surface area contributed by atoms with E-state index < -0.39 is 5.60 Å². The number of methoxy groups -OCH3 is 1. The van der Waals surface area contributed by atoms with E-state index in [1.165, 1.54) is 0 Å². The van der Waals surface area contributed by atoms with E-state index in [1.54, 1.807) is 7.11 Å². The van der Waals surface area contributed by atoms with Crippen LogP contribution in [0.1, 0.15) is 30.2 Å². The molecule has 0 saturated carbocycles. The third kappa shape index (κ3) is 2.35. The van der Waals surface area contributed by atoms with Crippen LogP contribution in [0.25, 0.3) is 0 Å². The van der Waals surface area contributed by atoms with Crippen LogP contribution in [0.3, 0.4) is 0 Å². The van der Waals surface area contributed by atoms with Crippen LogP contribution in [-0.2, 0) is 6.54 Å². The molecule has 18 heavy (non-hydrogen) atoms. The maximum absolute atomic E-state index is 9.99. The molecule has 0 unspecified atom stereocenters. The number of β-amino-alcohol motifs (C(OH)–C–C–N with tert-alkyl or cyclic N) is 1. The van der Waals surface area contributed by atoms with Gasteiger partial charge in [-0.05, 0) is 20.3 Å². The molecule has 2 rings (SSSR count). The smallest absolute Gasteiger partial charge is 0.128 e. The minimum atomic E-state index is -0.483. The molecular formula is C14H22N2O2. The topological polar surface area (TPSA) is 45.6 Å². The molecule has 2 heterocycles. The molecule has 1 saturated heterocycles. The Hall–Kier alpha value is -1.13. The zero-order valence-electron chi connectivity index (χ0n) is 11.7. The Kier molecular flexibility index (Phi) is 3.59. The Labute approximate surface area is 109 Å². The first kappa shape index (κ1) is 13.3. The largest absolute Gasteiger partial charge is 0.496 e. The van der Waals surface area contributed by atoms with Crippen molar-refractivity contribution in [1.82, 2.24) is 9.88 Å². The van der Waals surface area contributed by atoms with Gasteiger partial charge in [0.1, 0.15) is 5.75 Å². The lowest BCUT2D eigenvalue weighted by molar-refractivity contribution is -0.104. The lowest BCUT2D eigenvalue weighted by atomic mass is 9.91. The molecule has 1 fully saturated rings. The molecular weight excluding hydrogens is 228 g/mol. The molecule has 4 nitrogen and oxygen atoms in total. The number of rotatable bonds is 4. The van der Waals surface area contributed by atoms with Crippen molar-refractivity contribution in [3.05, 3.63) is 23.0 Å². The quantitative estimate of drug-likeness (QED) is 0.883. The molecule has 4 heteroatoms. The maximum atomic E-state index is 9.99. The van der Waals surface area contributed by atoms with Crippen molar-refractivity contribution in [2.24, 2.45) is 0 Å². The molecule has 0 aliphatic carbocycles.